The Labute approximate surface area is 148 Å². The standard InChI is InChI=1S/C19H15F2N3O2/c1-26-13-4-2-3-11(7-13)14-9-17(25)23-19-18(14)22-10-24(19)16-8-12(20)5-6-15(16)21/h2-8,10,14H,9H2,1H3,(H,23,25)/t14-/m0/s1. The molecule has 1 aromatic heterocycles. The first-order chi connectivity index (χ1) is 12.6. The molecule has 0 bridgehead atoms. The Morgan fingerprint density at radius 3 is 2.88 bits per heavy atom. The van der Waals surface area contributed by atoms with Crippen LogP contribution in [0.2, 0.25) is 0 Å². The van der Waals surface area contributed by atoms with Crippen LogP contribution in [-0.2, 0) is 4.79 Å². The second kappa shape index (κ2) is 6.25. The van der Waals surface area contributed by atoms with Crippen LogP contribution in [0.25, 0.3) is 5.69 Å². The number of nitrogens with one attached hydrogen (secondary N) is 1. The number of aromatic nitrogens is 2. The van der Waals surface area contributed by atoms with Gasteiger partial charge in [0, 0.05) is 18.4 Å². The van der Waals surface area contributed by atoms with Gasteiger partial charge < -0.3 is 10.1 Å². The Morgan fingerprint density at radius 1 is 1.23 bits per heavy atom. The van der Waals surface area contributed by atoms with Crippen LogP contribution in [-0.4, -0.2) is 22.6 Å². The van der Waals surface area contributed by atoms with Gasteiger partial charge >= 0.3 is 0 Å². The highest BCUT2D eigenvalue weighted by Gasteiger charge is 2.31. The van der Waals surface area contributed by atoms with Gasteiger partial charge in [0.05, 0.1) is 18.5 Å². The number of hydrogen-bond acceptors (Lipinski definition) is 3. The lowest BCUT2D eigenvalue weighted by Crippen LogP contribution is -2.25. The van der Waals surface area contributed by atoms with E-state index in [2.05, 4.69) is 10.3 Å². The molecular weight excluding hydrogens is 340 g/mol. The summed E-state index contributed by atoms with van der Waals surface area (Å²) in [5.41, 5.74) is 1.46. The largest absolute Gasteiger partial charge is 0.497 e. The van der Waals surface area contributed by atoms with Gasteiger partial charge in [-0.1, -0.05) is 12.1 Å². The Balaban J connectivity index is 1.84. The molecule has 0 radical (unpaired) electrons. The van der Waals surface area contributed by atoms with E-state index >= 15 is 0 Å². The molecule has 1 aliphatic heterocycles. The Bertz CT molecular complexity index is 1000. The predicted molar refractivity (Wildman–Crippen MR) is 91.6 cm³/mol. The van der Waals surface area contributed by atoms with Crippen molar-refractivity contribution in [1.29, 1.82) is 0 Å². The predicted octanol–water partition coefficient (Wildman–Crippen LogP) is 3.63. The third-order valence-corrected chi connectivity index (χ3v) is 4.44. The van der Waals surface area contributed by atoms with E-state index in [0.717, 1.165) is 23.8 Å². The molecule has 0 unspecified atom stereocenters. The van der Waals surface area contributed by atoms with E-state index in [1.807, 2.05) is 24.3 Å². The molecule has 5 nitrogen and oxygen atoms in total. The van der Waals surface area contributed by atoms with Crippen LogP contribution >= 0.6 is 0 Å². The van der Waals surface area contributed by atoms with Crippen molar-refractivity contribution < 1.29 is 18.3 Å². The molecule has 26 heavy (non-hydrogen) atoms. The lowest BCUT2D eigenvalue weighted by Gasteiger charge is -2.23. The van der Waals surface area contributed by atoms with E-state index in [0.29, 0.717) is 17.3 Å². The lowest BCUT2D eigenvalue weighted by atomic mass is 9.89. The quantitative estimate of drug-likeness (QED) is 0.781. The number of halogens is 2. The van der Waals surface area contributed by atoms with E-state index in [9.17, 15) is 13.6 Å². The van der Waals surface area contributed by atoms with Gasteiger partial charge in [-0.2, -0.15) is 0 Å². The third-order valence-electron chi connectivity index (χ3n) is 4.44. The van der Waals surface area contributed by atoms with Crippen molar-refractivity contribution >= 4 is 11.7 Å². The molecule has 4 rings (SSSR count). The number of fused-ring (bicyclic) bond motifs is 1. The summed E-state index contributed by atoms with van der Waals surface area (Å²) in [6.07, 6.45) is 1.60. The number of methoxy groups -OCH3 is 1. The minimum atomic E-state index is -0.607. The Hall–Kier alpha value is -3.22. The van der Waals surface area contributed by atoms with E-state index in [1.54, 1.807) is 7.11 Å². The van der Waals surface area contributed by atoms with Crippen LogP contribution in [0.3, 0.4) is 0 Å². The highest BCUT2D eigenvalue weighted by Crippen LogP contribution is 2.38. The van der Waals surface area contributed by atoms with Crippen molar-refractivity contribution in [3.63, 3.8) is 0 Å². The Morgan fingerprint density at radius 2 is 2.08 bits per heavy atom. The maximum Gasteiger partial charge on any atom is 0.226 e. The van der Waals surface area contributed by atoms with Crippen LogP contribution in [0.15, 0.2) is 48.8 Å². The van der Waals surface area contributed by atoms with Crippen molar-refractivity contribution in [1.82, 2.24) is 9.55 Å². The molecule has 2 heterocycles. The van der Waals surface area contributed by atoms with Gasteiger partial charge in [-0.3, -0.25) is 9.36 Å². The number of carbonyl (C=O) groups excluding carboxylic acids is 1. The fraction of sp³-hybridized carbons (Fsp3) is 0.158. The highest BCUT2D eigenvalue weighted by molar-refractivity contribution is 5.94. The summed E-state index contributed by atoms with van der Waals surface area (Å²) in [5.74, 6) is -0.681. The summed E-state index contributed by atoms with van der Waals surface area (Å²) in [7, 11) is 1.57. The molecule has 132 valence electrons. The zero-order valence-corrected chi connectivity index (χ0v) is 13.9. The molecule has 1 amide bonds. The van der Waals surface area contributed by atoms with Gasteiger partial charge in [0.2, 0.25) is 5.91 Å². The van der Waals surface area contributed by atoms with Crippen LogP contribution in [0.5, 0.6) is 5.75 Å². The molecule has 0 saturated heterocycles. The van der Waals surface area contributed by atoms with Crippen molar-refractivity contribution in [3.8, 4) is 11.4 Å². The first kappa shape index (κ1) is 16.3. The van der Waals surface area contributed by atoms with E-state index in [-0.39, 0.29) is 23.9 Å². The molecule has 1 aliphatic rings. The average Bonchev–Trinajstić information content (AvgIpc) is 3.06. The monoisotopic (exact) mass is 355 g/mol. The van der Waals surface area contributed by atoms with Crippen LogP contribution in [0.4, 0.5) is 14.6 Å². The SMILES string of the molecule is COc1cccc([C@@H]2CC(=O)Nc3c2ncn3-c2cc(F)ccc2F)c1. The first-order valence-corrected chi connectivity index (χ1v) is 8.03. The van der Waals surface area contributed by atoms with Crippen molar-refractivity contribution in [2.75, 3.05) is 12.4 Å². The second-order valence-corrected chi connectivity index (χ2v) is 6.03. The number of anilines is 1. The van der Waals surface area contributed by atoms with Crippen molar-refractivity contribution in [3.05, 3.63) is 71.7 Å². The molecule has 2 aromatic carbocycles. The summed E-state index contributed by atoms with van der Waals surface area (Å²) < 4.78 is 34.4. The van der Waals surface area contributed by atoms with Gasteiger partial charge in [0.1, 0.15) is 29.5 Å². The second-order valence-electron chi connectivity index (χ2n) is 6.03. The number of nitrogens with zero attached hydrogens (tertiary/aromatic N) is 2. The smallest absolute Gasteiger partial charge is 0.226 e. The summed E-state index contributed by atoms with van der Waals surface area (Å²) >= 11 is 0. The average molecular weight is 355 g/mol. The van der Waals surface area contributed by atoms with Gasteiger partial charge in [0.15, 0.2) is 0 Å². The lowest BCUT2D eigenvalue weighted by molar-refractivity contribution is -0.116. The third kappa shape index (κ3) is 2.71. The summed E-state index contributed by atoms with van der Waals surface area (Å²) in [6.45, 7) is 0. The van der Waals surface area contributed by atoms with E-state index in [1.165, 1.54) is 10.9 Å². The maximum atomic E-state index is 14.2. The van der Waals surface area contributed by atoms with E-state index < -0.39 is 11.6 Å². The zero-order valence-electron chi connectivity index (χ0n) is 13.9. The van der Waals surface area contributed by atoms with Crippen LogP contribution in [0.1, 0.15) is 23.6 Å². The zero-order chi connectivity index (χ0) is 18.3. The van der Waals surface area contributed by atoms with Crippen molar-refractivity contribution in [2.45, 2.75) is 12.3 Å². The topological polar surface area (TPSA) is 56.1 Å². The molecule has 1 N–H and O–H groups in total. The fourth-order valence-electron chi connectivity index (χ4n) is 3.19. The van der Waals surface area contributed by atoms with Gasteiger partial charge in [-0.15, -0.1) is 0 Å². The van der Waals surface area contributed by atoms with Crippen LogP contribution in [0, 0.1) is 11.6 Å². The number of imidazole rings is 1. The van der Waals surface area contributed by atoms with Gasteiger partial charge in [-0.05, 0) is 29.8 Å². The summed E-state index contributed by atoms with van der Waals surface area (Å²) in [6, 6.07) is 10.5. The number of amides is 1. The molecule has 0 spiro atoms. The molecular formula is C19H15F2N3O2. The molecule has 0 aliphatic carbocycles. The molecule has 0 fully saturated rings. The van der Waals surface area contributed by atoms with Crippen LogP contribution < -0.4 is 10.1 Å². The van der Waals surface area contributed by atoms with Gasteiger partial charge in [0.25, 0.3) is 0 Å². The molecule has 1 atom stereocenters. The molecule has 0 saturated carbocycles. The number of ether oxygens (including phenoxy) is 1. The molecule has 3 aromatic rings. The fourth-order valence-corrected chi connectivity index (χ4v) is 3.19. The number of hydrogen-bond donors (Lipinski definition) is 1. The molecule has 7 heteroatoms. The van der Waals surface area contributed by atoms with Gasteiger partial charge in [-0.25, -0.2) is 13.8 Å². The van der Waals surface area contributed by atoms with Crippen molar-refractivity contribution in [2.24, 2.45) is 0 Å². The summed E-state index contributed by atoms with van der Waals surface area (Å²) in [4.78, 5) is 16.6. The normalized spacial score (nSPS) is 16.1. The summed E-state index contributed by atoms with van der Waals surface area (Å²) in [5, 5.41) is 2.72. The highest BCUT2D eigenvalue weighted by atomic mass is 19.1. The minimum absolute atomic E-state index is 0.00894. The maximum absolute atomic E-state index is 14.2. The minimum Gasteiger partial charge on any atom is -0.497 e. The number of rotatable bonds is 3. The first-order valence-electron chi connectivity index (χ1n) is 8.03. The number of carbonyl (C=O) groups is 1. The number of benzene rings is 2. The Kier molecular flexibility index (Phi) is 3.91. The van der Waals surface area contributed by atoms with E-state index in [4.69, 9.17) is 4.74 Å².